The summed E-state index contributed by atoms with van der Waals surface area (Å²) in [5, 5.41) is 3.02. The van der Waals surface area contributed by atoms with E-state index < -0.39 is 0 Å². The molecule has 0 bridgehead atoms. The highest BCUT2D eigenvalue weighted by Gasteiger charge is 2.22. The second-order valence-corrected chi connectivity index (χ2v) is 9.94. The van der Waals surface area contributed by atoms with Gasteiger partial charge in [-0.2, -0.15) is 0 Å². The van der Waals surface area contributed by atoms with Crippen molar-refractivity contribution >= 4 is 17.6 Å². The lowest BCUT2D eigenvalue weighted by Gasteiger charge is -2.30. The second kappa shape index (κ2) is 14.2. The molecule has 0 radical (unpaired) electrons. The summed E-state index contributed by atoms with van der Waals surface area (Å²) >= 11 is 0. The summed E-state index contributed by atoms with van der Waals surface area (Å²) in [4.78, 5) is 30.3. The summed E-state index contributed by atoms with van der Waals surface area (Å²) in [5.41, 5.74) is 4.31. The summed E-state index contributed by atoms with van der Waals surface area (Å²) in [6, 6.07) is 28.1. The number of hydrogen-bond acceptors (Lipinski definition) is 2. The predicted octanol–water partition coefficient (Wildman–Crippen LogP) is 7.10. The van der Waals surface area contributed by atoms with Crippen molar-refractivity contribution in [1.82, 2.24) is 9.80 Å². The number of nitrogens with one attached hydrogen (secondary N) is 1. The van der Waals surface area contributed by atoms with Crippen LogP contribution < -0.4 is 5.32 Å². The van der Waals surface area contributed by atoms with Crippen molar-refractivity contribution in [3.63, 3.8) is 0 Å². The molecule has 1 atom stereocenters. The van der Waals surface area contributed by atoms with Gasteiger partial charge in [0.05, 0.1) is 0 Å². The lowest BCUT2D eigenvalue weighted by Crippen LogP contribution is -2.44. The molecule has 0 aliphatic heterocycles. The summed E-state index contributed by atoms with van der Waals surface area (Å²) < 4.78 is 0. The van der Waals surface area contributed by atoms with Crippen LogP contribution in [0.5, 0.6) is 0 Å². The molecule has 0 spiro atoms. The van der Waals surface area contributed by atoms with Crippen molar-refractivity contribution in [3.8, 4) is 0 Å². The van der Waals surface area contributed by atoms with Crippen molar-refractivity contribution in [2.75, 3.05) is 18.4 Å². The molecule has 0 saturated heterocycles. The fourth-order valence-electron chi connectivity index (χ4n) is 4.27. The standard InChI is InChI=1S/C32H41N3O2/c1-5-26(4)35(32(37)33-30-18-16-29(17-19-30)25(2)3)23-21-31(36)34(24-28-14-10-7-11-15-28)22-20-27-12-8-6-9-13-27/h6-19,25-26H,5,20-24H2,1-4H3,(H,33,37). The second-order valence-electron chi connectivity index (χ2n) is 9.94. The number of urea groups is 1. The van der Waals surface area contributed by atoms with Gasteiger partial charge in [-0.1, -0.05) is 93.6 Å². The van der Waals surface area contributed by atoms with E-state index in [0.29, 0.717) is 25.6 Å². The highest BCUT2D eigenvalue weighted by atomic mass is 16.2. The van der Waals surface area contributed by atoms with Gasteiger partial charge in [0, 0.05) is 37.8 Å². The maximum absolute atomic E-state index is 13.4. The van der Waals surface area contributed by atoms with Gasteiger partial charge in [-0.15, -0.1) is 0 Å². The Balaban J connectivity index is 1.66. The van der Waals surface area contributed by atoms with Gasteiger partial charge in [0.2, 0.25) is 5.91 Å². The highest BCUT2D eigenvalue weighted by molar-refractivity contribution is 5.90. The van der Waals surface area contributed by atoms with Crippen LogP contribution in [0.4, 0.5) is 10.5 Å². The molecule has 3 rings (SSSR count). The van der Waals surface area contributed by atoms with Crippen molar-refractivity contribution in [1.29, 1.82) is 0 Å². The lowest BCUT2D eigenvalue weighted by atomic mass is 10.0. The largest absolute Gasteiger partial charge is 0.338 e. The minimum atomic E-state index is -0.168. The number of hydrogen-bond donors (Lipinski definition) is 1. The maximum atomic E-state index is 13.4. The molecule has 3 aromatic rings. The Hall–Kier alpha value is -3.60. The van der Waals surface area contributed by atoms with Crippen LogP contribution in [0.3, 0.4) is 0 Å². The van der Waals surface area contributed by atoms with Crippen LogP contribution in [0.2, 0.25) is 0 Å². The number of carbonyl (C=O) groups excluding carboxylic acids is 2. The van der Waals surface area contributed by atoms with Crippen molar-refractivity contribution in [2.24, 2.45) is 0 Å². The third kappa shape index (κ3) is 8.78. The van der Waals surface area contributed by atoms with E-state index in [2.05, 4.69) is 38.2 Å². The van der Waals surface area contributed by atoms with E-state index in [9.17, 15) is 9.59 Å². The van der Waals surface area contributed by atoms with Gasteiger partial charge in [0.25, 0.3) is 0 Å². The first kappa shape index (κ1) is 28.0. The molecule has 5 heteroatoms. The van der Waals surface area contributed by atoms with E-state index in [1.807, 2.05) is 84.6 Å². The number of nitrogens with zero attached hydrogens (tertiary/aromatic N) is 2. The Morgan fingerprint density at radius 2 is 1.38 bits per heavy atom. The summed E-state index contributed by atoms with van der Waals surface area (Å²) in [5.74, 6) is 0.496. The Bertz CT molecular complexity index is 1100. The van der Waals surface area contributed by atoms with Gasteiger partial charge >= 0.3 is 6.03 Å². The molecule has 196 valence electrons. The molecule has 3 amide bonds. The van der Waals surface area contributed by atoms with Crippen LogP contribution in [0.25, 0.3) is 0 Å². The normalized spacial score (nSPS) is 11.7. The topological polar surface area (TPSA) is 52.7 Å². The van der Waals surface area contributed by atoms with E-state index >= 15 is 0 Å². The average molecular weight is 500 g/mol. The molecule has 1 unspecified atom stereocenters. The van der Waals surface area contributed by atoms with E-state index in [0.717, 1.165) is 24.1 Å². The number of anilines is 1. The van der Waals surface area contributed by atoms with Gasteiger partial charge < -0.3 is 15.1 Å². The molecule has 0 heterocycles. The molecular formula is C32H41N3O2. The Morgan fingerprint density at radius 3 is 1.95 bits per heavy atom. The zero-order valence-electron chi connectivity index (χ0n) is 22.7. The molecular weight excluding hydrogens is 458 g/mol. The van der Waals surface area contributed by atoms with Gasteiger partial charge in [-0.05, 0) is 54.5 Å². The maximum Gasteiger partial charge on any atom is 0.322 e. The van der Waals surface area contributed by atoms with Gasteiger partial charge in [0.15, 0.2) is 0 Å². The van der Waals surface area contributed by atoms with E-state index in [4.69, 9.17) is 0 Å². The number of benzene rings is 3. The molecule has 0 aliphatic carbocycles. The Kier molecular flexibility index (Phi) is 10.8. The minimum Gasteiger partial charge on any atom is -0.338 e. The molecule has 5 nitrogen and oxygen atoms in total. The molecule has 0 fully saturated rings. The fourth-order valence-corrected chi connectivity index (χ4v) is 4.27. The van der Waals surface area contributed by atoms with Gasteiger partial charge in [-0.25, -0.2) is 4.79 Å². The van der Waals surface area contributed by atoms with E-state index in [-0.39, 0.29) is 24.4 Å². The monoisotopic (exact) mass is 499 g/mol. The average Bonchev–Trinajstić information content (AvgIpc) is 2.92. The fraction of sp³-hybridized carbons (Fsp3) is 0.375. The molecule has 3 aromatic carbocycles. The summed E-state index contributed by atoms with van der Waals surface area (Å²) in [6.07, 6.45) is 1.89. The SMILES string of the molecule is CCC(C)N(CCC(=O)N(CCc1ccccc1)Cc1ccccc1)C(=O)Nc1ccc(C(C)C)cc1. The molecule has 37 heavy (non-hydrogen) atoms. The lowest BCUT2D eigenvalue weighted by molar-refractivity contribution is -0.132. The van der Waals surface area contributed by atoms with Crippen LogP contribution in [-0.2, 0) is 17.8 Å². The number of carbonyl (C=O) groups is 2. The third-order valence-corrected chi connectivity index (χ3v) is 6.86. The third-order valence-electron chi connectivity index (χ3n) is 6.86. The smallest absolute Gasteiger partial charge is 0.322 e. The first-order valence-corrected chi connectivity index (χ1v) is 13.4. The summed E-state index contributed by atoms with van der Waals surface area (Å²) in [6.45, 7) is 9.96. The van der Waals surface area contributed by atoms with Gasteiger partial charge in [0.1, 0.15) is 0 Å². The first-order valence-electron chi connectivity index (χ1n) is 13.4. The van der Waals surface area contributed by atoms with Crippen molar-refractivity contribution in [3.05, 3.63) is 102 Å². The minimum absolute atomic E-state index is 0.0228. The number of amides is 3. The first-order chi connectivity index (χ1) is 17.9. The van der Waals surface area contributed by atoms with Crippen LogP contribution in [-0.4, -0.2) is 40.9 Å². The van der Waals surface area contributed by atoms with Crippen molar-refractivity contribution in [2.45, 2.75) is 65.5 Å². The molecule has 0 aliphatic rings. The molecule has 1 N–H and O–H groups in total. The van der Waals surface area contributed by atoms with Crippen LogP contribution in [0, 0.1) is 0 Å². The van der Waals surface area contributed by atoms with Crippen molar-refractivity contribution < 1.29 is 9.59 Å². The molecule has 0 saturated carbocycles. The van der Waals surface area contributed by atoms with Crippen LogP contribution in [0.15, 0.2) is 84.9 Å². The van der Waals surface area contributed by atoms with E-state index in [1.54, 1.807) is 4.90 Å². The Labute approximate surface area is 222 Å². The summed E-state index contributed by atoms with van der Waals surface area (Å²) in [7, 11) is 0. The van der Waals surface area contributed by atoms with E-state index in [1.165, 1.54) is 11.1 Å². The van der Waals surface area contributed by atoms with Crippen LogP contribution >= 0.6 is 0 Å². The van der Waals surface area contributed by atoms with Crippen LogP contribution in [0.1, 0.15) is 63.1 Å². The quantitative estimate of drug-likeness (QED) is 0.289. The highest BCUT2D eigenvalue weighted by Crippen LogP contribution is 2.18. The zero-order valence-corrected chi connectivity index (χ0v) is 22.7. The zero-order chi connectivity index (χ0) is 26.6. The molecule has 0 aromatic heterocycles. The van der Waals surface area contributed by atoms with Gasteiger partial charge in [-0.3, -0.25) is 4.79 Å². The number of rotatable bonds is 12. The Morgan fingerprint density at radius 1 is 0.784 bits per heavy atom. The predicted molar refractivity (Wildman–Crippen MR) is 153 cm³/mol.